The molecule has 0 bridgehead atoms. The third kappa shape index (κ3) is 5.85. The van der Waals surface area contributed by atoms with E-state index in [1.165, 1.54) is 5.56 Å². The quantitative estimate of drug-likeness (QED) is 0.852. The highest BCUT2D eigenvalue weighted by Gasteiger charge is 2.17. The molecule has 0 aliphatic heterocycles. The fourth-order valence-electron chi connectivity index (χ4n) is 1.96. The van der Waals surface area contributed by atoms with Crippen LogP contribution >= 0.6 is 11.6 Å². The summed E-state index contributed by atoms with van der Waals surface area (Å²) in [6.45, 7) is 9.12. The minimum absolute atomic E-state index is 0.157. The van der Waals surface area contributed by atoms with Crippen LogP contribution in [0.5, 0.6) is 0 Å². The van der Waals surface area contributed by atoms with Crippen LogP contribution in [0.25, 0.3) is 0 Å². The number of aliphatic hydroxyl groups excluding tert-OH is 1. The molecule has 0 saturated carbocycles. The summed E-state index contributed by atoms with van der Waals surface area (Å²) >= 11 is 5.86. The minimum Gasteiger partial charge on any atom is -0.392 e. The van der Waals surface area contributed by atoms with Crippen LogP contribution < -0.4 is 5.32 Å². The molecule has 1 rings (SSSR count). The molecule has 0 aliphatic carbocycles. The Morgan fingerprint density at radius 2 is 1.78 bits per heavy atom. The number of aliphatic hydroxyl groups is 1. The first-order valence-corrected chi connectivity index (χ1v) is 6.82. The maximum atomic E-state index is 9.94. The van der Waals surface area contributed by atoms with Gasteiger partial charge in [0.05, 0.1) is 6.10 Å². The fraction of sp³-hybridized carbons (Fsp3) is 0.600. The standard InChI is InChI=1S/C15H24ClNO/c1-11(12-5-7-13(16)8-6-12)17-10-14(18)9-15(2,3)4/h5-8,11,14,17-18H,9-10H2,1-4H3. The van der Waals surface area contributed by atoms with Crippen LogP contribution in [-0.2, 0) is 0 Å². The predicted octanol–water partition coefficient (Wildman–Crippen LogP) is 3.79. The first-order chi connectivity index (χ1) is 8.28. The SMILES string of the molecule is CC(NCC(O)CC(C)(C)C)c1ccc(Cl)cc1. The molecule has 0 aliphatic rings. The molecule has 0 amide bonds. The molecule has 1 aromatic carbocycles. The molecule has 3 heteroatoms. The zero-order valence-electron chi connectivity index (χ0n) is 11.7. The van der Waals surface area contributed by atoms with Crippen molar-refractivity contribution in [2.75, 3.05) is 6.54 Å². The maximum absolute atomic E-state index is 9.94. The van der Waals surface area contributed by atoms with Gasteiger partial charge in [0.25, 0.3) is 0 Å². The van der Waals surface area contributed by atoms with Crippen LogP contribution in [0.15, 0.2) is 24.3 Å². The average molecular weight is 270 g/mol. The van der Waals surface area contributed by atoms with E-state index < -0.39 is 0 Å². The Morgan fingerprint density at radius 1 is 1.22 bits per heavy atom. The molecule has 0 fully saturated rings. The van der Waals surface area contributed by atoms with Crippen molar-refractivity contribution in [3.8, 4) is 0 Å². The highest BCUT2D eigenvalue weighted by atomic mass is 35.5. The van der Waals surface area contributed by atoms with Gasteiger partial charge in [-0.1, -0.05) is 44.5 Å². The highest BCUT2D eigenvalue weighted by molar-refractivity contribution is 6.30. The lowest BCUT2D eigenvalue weighted by molar-refractivity contribution is 0.117. The second-order valence-electron chi connectivity index (χ2n) is 6.10. The number of nitrogens with one attached hydrogen (secondary N) is 1. The van der Waals surface area contributed by atoms with Gasteiger partial charge in [-0.2, -0.15) is 0 Å². The van der Waals surface area contributed by atoms with E-state index in [2.05, 4.69) is 33.0 Å². The lowest BCUT2D eigenvalue weighted by Crippen LogP contribution is -2.31. The topological polar surface area (TPSA) is 32.3 Å². The minimum atomic E-state index is -0.306. The van der Waals surface area contributed by atoms with Crippen LogP contribution in [0, 0.1) is 5.41 Å². The molecule has 0 aromatic heterocycles. The molecule has 0 saturated heterocycles. The summed E-state index contributed by atoms with van der Waals surface area (Å²) in [6.07, 6.45) is 0.493. The van der Waals surface area contributed by atoms with Gasteiger partial charge < -0.3 is 10.4 Å². The Balaban J connectivity index is 2.41. The number of halogens is 1. The molecule has 2 unspecified atom stereocenters. The van der Waals surface area contributed by atoms with E-state index in [9.17, 15) is 5.11 Å². The van der Waals surface area contributed by atoms with Crippen molar-refractivity contribution in [1.82, 2.24) is 5.32 Å². The van der Waals surface area contributed by atoms with E-state index in [0.29, 0.717) is 6.54 Å². The zero-order chi connectivity index (χ0) is 13.8. The van der Waals surface area contributed by atoms with Crippen LogP contribution in [0.3, 0.4) is 0 Å². The molecular formula is C15H24ClNO. The molecule has 0 heterocycles. The predicted molar refractivity (Wildman–Crippen MR) is 77.9 cm³/mol. The summed E-state index contributed by atoms with van der Waals surface area (Å²) in [5.41, 5.74) is 1.34. The monoisotopic (exact) mass is 269 g/mol. The van der Waals surface area contributed by atoms with E-state index in [4.69, 9.17) is 11.6 Å². The van der Waals surface area contributed by atoms with E-state index in [1.807, 2.05) is 24.3 Å². The average Bonchev–Trinajstić information content (AvgIpc) is 2.24. The van der Waals surface area contributed by atoms with Crippen molar-refractivity contribution in [1.29, 1.82) is 0 Å². The second-order valence-corrected chi connectivity index (χ2v) is 6.54. The normalized spacial score (nSPS) is 15.4. The lowest BCUT2D eigenvalue weighted by atomic mass is 9.89. The van der Waals surface area contributed by atoms with Crippen molar-refractivity contribution >= 4 is 11.6 Å². The maximum Gasteiger partial charge on any atom is 0.0669 e. The molecule has 0 spiro atoms. The molecule has 2 N–H and O–H groups in total. The number of hydrogen-bond donors (Lipinski definition) is 2. The van der Waals surface area contributed by atoms with Gasteiger partial charge in [0.1, 0.15) is 0 Å². The van der Waals surface area contributed by atoms with Crippen molar-refractivity contribution in [3.05, 3.63) is 34.9 Å². The second kappa shape index (κ2) is 6.55. The summed E-state index contributed by atoms with van der Waals surface area (Å²) < 4.78 is 0. The van der Waals surface area contributed by atoms with E-state index in [-0.39, 0.29) is 17.6 Å². The van der Waals surface area contributed by atoms with E-state index in [0.717, 1.165) is 11.4 Å². The first-order valence-electron chi connectivity index (χ1n) is 6.45. The van der Waals surface area contributed by atoms with Gasteiger partial charge in [-0.05, 0) is 36.5 Å². The molecule has 102 valence electrons. The van der Waals surface area contributed by atoms with Gasteiger partial charge in [-0.25, -0.2) is 0 Å². The molecule has 1 aromatic rings. The third-order valence-electron chi connectivity index (χ3n) is 2.88. The van der Waals surface area contributed by atoms with Crippen LogP contribution in [0.4, 0.5) is 0 Å². The van der Waals surface area contributed by atoms with Gasteiger partial charge in [-0.15, -0.1) is 0 Å². The number of hydrogen-bond acceptors (Lipinski definition) is 2. The molecule has 2 nitrogen and oxygen atoms in total. The fourth-order valence-corrected chi connectivity index (χ4v) is 2.09. The van der Waals surface area contributed by atoms with Gasteiger partial charge in [-0.3, -0.25) is 0 Å². The Kier molecular flexibility index (Phi) is 5.64. The Hall–Kier alpha value is -0.570. The Bertz CT molecular complexity index is 356. The van der Waals surface area contributed by atoms with Gasteiger partial charge in [0.2, 0.25) is 0 Å². The van der Waals surface area contributed by atoms with Crippen molar-refractivity contribution in [3.63, 3.8) is 0 Å². The Morgan fingerprint density at radius 3 is 2.28 bits per heavy atom. The highest BCUT2D eigenvalue weighted by Crippen LogP contribution is 2.21. The summed E-state index contributed by atoms with van der Waals surface area (Å²) in [4.78, 5) is 0. The smallest absolute Gasteiger partial charge is 0.0669 e. The van der Waals surface area contributed by atoms with Crippen LogP contribution in [-0.4, -0.2) is 17.8 Å². The van der Waals surface area contributed by atoms with E-state index >= 15 is 0 Å². The van der Waals surface area contributed by atoms with Crippen molar-refractivity contribution in [2.24, 2.45) is 5.41 Å². The first kappa shape index (κ1) is 15.5. The van der Waals surface area contributed by atoms with Crippen LogP contribution in [0.2, 0.25) is 5.02 Å². The summed E-state index contributed by atoms with van der Waals surface area (Å²) in [5.74, 6) is 0. The van der Waals surface area contributed by atoms with Gasteiger partial charge in [0.15, 0.2) is 0 Å². The van der Waals surface area contributed by atoms with Gasteiger partial charge >= 0.3 is 0 Å². The summed E-state index contributed by atoms with van der Waals surface area (Å²) in [7, 11) is 0. The van der Waals surface area contributed by atoms with Crippen LogP contribution in [0.1, 0.15) is 45.7 Å². The van der Waals surface area contributed by atoms with Gasteiger partial charge in [0, 0.05) is 17.6 Å². The summed E-state index contributed by atoms with van der Waals surface area (Å²) in [5, 5.41) is 14.0. The number of rotatable bonds is 5. The zero-order valence-corrected chi connectivity index (χ0v) is 12.5. The van der Waals surface area contributed by atoms with E-state index in [1.54, 1.807) is 0 Å². The number of benzene rings is 1. The largest absolute Gasteiger partial charge is 0.392 e. The molecule has 0 radical (unpaired) electrons. The Labute approximate surface area is 115 Å². The molecule has 18 heavy (non-hydrogen) atoms. The molecule has 2 atom stereocenters. The third-order valence-corrected chi connectivity index (χ3v) is 3.13. The van der Waals surface area contributed by atoms with Crippen molar-refractivity contribution < 1.29 is 5.11 Å². The summed E-state index contributed by atoms with van der Waals surface area (Å²) in [6, 6.07) is 8.02. The molecular weight excluding hydrogens is 246 g/mol. The van der Waals surface area contributed by atoms with Crippen molar-refractivity contribution in [2.45, 2.75) is 46.3 Å². The lowest BCUT2D eigenvalue weighted by Gasteiger charge is -2.24.